The van der Waals surface area contributed by atoms with Gasteiger partial charge in [-0.2, -0.15) is 0 Å². The summed E-state index contributed by atoms with van der Waals surface area (Å²) in [5.74, 6) is 0.879. The van der Waals surface area contributed by atoms with Gasteiger partial charge in [0.2, 0.25) is 0 Å². The predicted molar refractivity (Wildman–Crippen MR) is 66.7 cm³/mol. The summed E-state index contributed by atoms with van der Waals surface area (Å²) in [5, 5.41) is 0. The first kappa shape index (κ1) is 15.5. The van der Waals surface area contributed by atoms with Crippen LogP contribution in [0.3, 0.4) is 0 Å². The van der Waals surface area contributed by atoms with Crippen LogP contribution >= 0.6 is 0 Å². The van der Waals surface area contributed by atoms with Crippen LogP contribution in [0.25, 0.3) is 0 Å². The molecule has 0 spiro atoms. The SMILES string of the molecule is CC(OS(=O)[O-])C1C2CCC(C2)C1C(C)OS(=O)[O-]. The van der Waals surface area contributed by atoms with E-state index in [-0.39, 0.29) is 11.8 Å². The van der Waals surface area contributed by atoms with Crippen molar-refractivity contribution in [2.75, 3.05) is 0 Å². The molecule has 8 unspecified atom stereocenters. The zero-order valence-corrected chi connectivity index (χ0v) is 12.5. The van der Waals surface area contributed by atoms with Gasteiger partial charge in [0.25, 0.3) is 0 Å². The lowest BCUT2D eigenvalue weighted by atomic mass is 9.74. The molecular weight excluding hydrogens is 292 g/mol. The summed E-state index contributed by atoms with van der Waals surface area (Å²) < 4.78 is 52.5. The second-order valence-corrected chi connectivity index (χ2v) is 6.70. The molecule has 2 aliphatic carbocycles. The highest BCUT2D eigenvalue weighted by Gasteiger charge is 2.52. The van der Waals surface area contributed by atoms with Gasteiger partial charge >= 0.3 is 0 Å². The van der Waals surface area contributed by atoms with Gasteiger partial charge in [0.05, 0.1) is 34.9 Å². The third-order valence-electron chi connectivity index (χ3n) is 4.59. The molecule has 0 saturated heterocycles. The Bertz CT molecular complexity index is 342. The van der Waals surface area contributed by atoms with Gasteiger partial charge in [-0.1, -0.05) is 0 Å². The smallest absolute Gasteiger partial charge is 0.0844 e. The van der Waals surface area contributed by atoms with Crippen LogP contribution in [0.1, 0.15) is 33.1 Å². The van der Waals surface area contributed by atoms with E-state index in [9.17, 15) is 17.5 Å². The topological polar surface area (TPSA) is 98.7 Å². The first-order chi connectivity index (χ1) is 8.90. The van der Waals surface area contributed by atoms with E-state index >= 15 is 0 Å². The Morgan fingerprint density at radius 3 is 1.63 bits per heavy atom. The minimum atomic E-state index is -2.55. The van der Waals surface area contributed by atoms with Gasteiger partial charge in [-0.05, 0) is 56.8 Å². The van der Waals surface area contributed by atoms with Gasteiger partial charge in [-0.25, -0.2) is 8.42 Å². The van der Waals surface area contributed by atoms with Crippen LogP contribution in [0.4, 0.5) is 0 Å². The zero-order valence-electron chi connectivity index (χ0n) is 10.9. The summed E-state index contributed by atoms with van der Waals surface area (Å²) in [6, 6.07) is 0. The van der Waals surface area contributed by atoms with Crippen molar-refractivity contribution in [3.63, 3.8) is 0 Å². The summed E-state index contributed by atoms with van der Waals surface area (Å²) in [5.41, 5.74) is 0. The van der Waals surface area contributed by atoms with E-state index in [1.54, 1.807) is 13.8 Å². The summed E-state index contributed by atoms with van der Waals surface area (Å²) in [7, 11) is 0. The molecule has 6 nitrogen and oxygen atoms in total. The van der Waals surface area contributed by atoms with Gasteiger partial charge in [0.1, 0.15) is 0 Å². The second-order valence-electron chi connectivity index (χ2n) is 5.50. The van der Waals surface area contributed by atoms with Crippen LogP contribution in [0.15, 0.2) is 0 Å². The average Bonchev–Trinajstić information content (AvgIpc) is 2.85. The molecule has 0 heterocycles. The van der Waals surface area contributed by atoms with Crippen LogP contribution in [0.5, 0.6) is 0 Å². The fraction of sp³-hybridized carbons (Fsp3) is 1.00. The highest BCUT2D eigenvalue weighted by atomic mass is 32.2. The quantitative estimate of drug-likeness (QED) is 0.680. The molecule has 0 N–H and O–H groups in total. The van der Waals surface area contributed by atoms with E-state index in [0.29, 0.717) is 11.8 Å². The standard InChI is InChI=1S/C11H20O6S2/c1-6(16-18(12)13)10-8-3-4-9(5-8)11(10)7(2)17-19(14)15/h6-11H,3-5H2,1-2H3,(H,12,13)(H,14,15)/p-2. The van der Waals surface area contributed by atoms with Gasteiger partial charge in [0, 0.05) is 0 Å². The molecule has 112 valence electrons. The Kier molecular flexibility index (Phi) is 5.13. The molecule has 2 bridgehead atoms. The lowest BCUT2D eigenvalue weighted by Crippen LogP contribution is -2.39. The van der Waals surface area contributed by atoms with Crippen molar-refractivity contribution in [2.24, 2.45) is 23.7 Å². The number of fused-ring (bicyclic) bond motifs is 2. The van der Waals surface area contributed by atoms with Crippen molar-refractivity contribution in [3.8, 4) is 0 Å². The lowest BCUT2D eigenvalue weighted by Gasteiger charge is -2.38. The summed E-state index contributed by atoms with van der Waals surface area (Å²) in [6.07, 6.45) is 2.24. The molecule has 2 saturated carbocycles. The Hall–Kier alpha value is 0.140. The molecule has 19 heavy (non-hydrogen) atoms. The van der Waals surface area contributed by atoms with Gasteiger partial charge in [-0.3, -0.25) is 8.37 Å². The van der Waals surface area contributed by atoms with E-state index in [1.807, 2.05) is 0 Å². The lowest BCUT2D eigenvalue weighted by molar-refractivity contribution is 0.0161. The summed E-state index contributed by atoms with van der Waals surface area (Å²) in [4.78, 5) is 0. The zero-order chi connectivity index (χ0) is 14.2. The number of hydrogen-bond acceptors (Lipinski definition) is 6. The molecule has 2 rings (SSSR count). The number of hydrogen-bond donors (Lipinski definition) is 0. The van der Waals surface area contributed by atoms with Crippen molar-refractivity contribution < 1.29 is 25.9 Å². The monoisotopic (exact) mass is 310 g/mol. The van der Waals surface area contributed by atoms with Crippen molar-refractivity contribution in [1.29, 1.82) is 0 Å². The largest absolute Gasteiger partial charge is 0.750 e. The first-order valence-electron chi connectivity index (χ1n) is 6.43. The second kappa shape index (κ2) is 6.28. The minimum absolute atomic E-state index is 0.0372. The maximum absolute atomic E-state index is 10.7. The van der Waals surface area contributed by atoms with Gasteiger partial charge in [-0.15, -0.1) is 0 Å². The van der Waals surface area contributed by atoms with Gasteiger partial charge < -0.3 is 9.11 Å². The molecule has 8 atom stereocenters. The van der Waals surface area contributed by atoms with E-state index in [4.69, 9.17) is 8.37 Å². The van der Waals surface area contributed by atoms with Crippen LogP contribution < -0.4 is 0 Å². The van der Waals surface area contributed by atoms with E-state index in [0.717, 1.165) is 19.3 Å². The van der Waals surface area contributed by atoms with Crippen molar-refractivity contribution in [3.05, 3.63) is 0 Å². The maximum Gasteiger partial charge on any atom is 0.0844 e. The molecular formula is C11H18O6S2-2. The third-order valence-corrected chi connectivity index (χ3v) is 5.51. The minimum Gasteiger partial charge on any atom is -0.750 e. The van der Waals surface area contributed by atoms with Crippen LogP contribution in [0, 0.1) is 23.7 Å². The number of rotatable bonds is 6. The van der Waals surface area contributed by atoms with Crippen LogP contribution in [-0.4, -0.2) is 29.7 Å². The highest BCUT2D eigenvalue weighted by Crippen LogP contribution is 2.55. The van der Waals surface area contributed by atoms with E-state index in [1.165, 1.54) is 0 Å². The summed E-state index contributed by atoms with van der Waals surface area (Å²) in [6.45, 7) is 3.46. The van der Waals surface area contributed by atoms with Crippen LogP contribution in [-0.2, 0) is 31.1 Å². The van der Waals surface area contributed by atoms with Crippen molar-refractivity contribution in [1.82, 2.24) is 0 Å². The molecule has 2 aliphatic rings. The van der Waals surface area contributed by atoms with E-state index in [2.05, 4.69) is 0 Å². The Morgan fingerprint density at radius 2 is 1.32 bits per heavy atom. The fourth-order valence-corrected chi connectivity index (χ4v) is 4.90. The van der Waals surface area contributed by atoms with Crippen molar-refractivity contribution >= 4 is 22.7 Å². The molecule has 0 aromatic carbocycles. The first-order valence-corrected chi connectivity index (χ1v) is 8.43. The molecule has 0 amide bonds. The van der Waals surface area contributed by atoms with Gasteiger partial charge in [0.15, 0.2) is 0 Å². The third kappa shape index (κ3) is 3.43. The van der Waals surface area contributed by atoms with E-state index < -0.39 is 34.9 Å². The predicted octanol–water partition coefficient (Wildman–Crippen LogP) is 1.05. The summed E-state index contributed by atoms with van der Waals surface area (Å²) >= 11 is -5.09. The van der Waals surface area contributed by atoms with Crippen LogP contribution in [0.2, 0.25) is 0 Å². The molecule has 0 aromatic heterocycles. The maximum atomic E-state index is 10.7. The molecule has 2 fully saturated rings. The van der Waals surface area contributed by atoms with Crippen molar-refractivity contribution in [2.45, 2.75) is 45.3 Å². The molecule has 0 aromatic rings. The Labute approximate surface area is 118 Å². The fourth-order valence-electron chi connectivity index (χ4n) is 4.15. The molecule has 8 heteroatoms. The molecule has 0 aliphatic heterocycles. The highest BCUT2D eigenvalue weighted by molar-refractivity contribution is 7.74. The Balaban J connectivity index is 2.10. The molecule has 0 radical (unpaired) electrons. The Morgan fingerprint density at radius 1 is 0.947 bits per heavy atom. The normalized spacial score (nSPS) is 40.0. The average molecular weight is 310 g/mol.